The number of aryl methyl sites for hydroxylation is 2. The van der Waals surface area contributed by atoms with Crippen LogP contribution in [-0.4, -0.2) is 17.0 Å². The Morgan fingerprint density at radius 1 is 1.29 bits per heavy atom. The van der Waals surface area contributed by atoms with Gasteiger partial charge in [-0.1, -0.05) is 23.9 Å². The van der Waals surface area contributed by atoms with Gasteiger partial charge in [0.25, 0.3) is 0 Å². The van der Waals surface area contributed by atoms with Gasteiger partial charge < -0.3 is 5.32 Å². The van der Waals surface area contributed by atoms with Gasteiger partial charge in [0, 0.05) is 10.9 Å². The Morgan fingerprint density at radius 2 is 2.12 bits per heavy atom. The third-order valence-corrected chi connectivity index (χ3v) is 4.75. The second-order valence-corrected chi connectivity index (χ2v) is 6.31. The number of aliphatic imine (C=N–C) groups is 1. The van der Waals surface area contributed by atoms with Gasteiger partial charge in [0.2, 0.25) is 0 Å². The normalized spacial score (nSPS) is 23.6. The molecule has 1 saturated carbocycles. The van der Waals surface area contributed by atoms with Crippen molar-refractivity contribution in [2.24, 2.45) is 10.9 Å². The molecule has 0 bridgehead atoms. The van der Waals surface area contributed by atoms with Crippen molar-refractivity contribution in [1.29, 1.82) is 0 Å². The summed E-state index contributed by atoms with van der Waals surface area (Å²) in [4.78, 5) is 4.61. The number of nitrogens with zero attached hydrogens (tertiary/aromatic N) is 1. The van der Waals surface area contributed by atoms with Crippen molar-refractivity contribution in [3.05, 3.63) is 29.3 Å². The molecule has 1 unspecified atom stereocenters. The van der Waals surface area contributed by atoms with E-state index in [1.807, 2.05) is 11.8 Å². The molecule has 1 N–H and O–H groups in total. The summed E-state index contributed by atoms with van der Waals surface area (Å²) < 4.78 is 0. The van der Waals surface area contributed by atoms with Crippen LogP contribution in [0.5, 0.6) is 0 Å². The molecular formula is C14H18N2S. The predicted octanol–water partition coefficient (Wildman–Crippen LogP) is 3.60. The zero-order valence-corrected chi connectivity index (χ0v) is 11.2. The first kappa shape index (κ1) is 11.1. The van der Waals surface area contributed by atoms with Crippen molar-refractivity contribution in [3.63, 3.8) is 0 Å². The second-order valence-electron chi connectivity index (χ2n) is 5.08. The fourth-order valence-corrected chi connectivity index (χ4v) is 3.38. The average molecular weight is 246 g/mol. The van der Waals surface area contributed by atoms with Crippen LogP contribution in [0.4, 0.5) is 5.69 Å². The minimum atomic E-state index is 0.739. The Labute approximate surface area is 107 Å². The molecule has 1 aromatic carbocycles. The van der Waals surface area contributed by atoms with Crippen molar-refractivity contribution in [1.82, 2.24) is 0 Å². The Bertz CT molecular complexity index is 463. The van der Waals surface area contributed by atoms with Gasteiger partial charge in [0.15, 0.2) is 5.17 Å². The van der Waals surface area contributed by atoms with Crippen LogP contribution in [0.25, 0.3) is 0 Å². The van der Waals surface area contributed by atoms with E-state index < -0.39 is 0 Å². The Hall–Kier alpha value is -0.960. The van der Waals surface area contributed by atoms with Gasteiger partial charge >= 0.3 is 0 Å². The van der Waals surface area contributed by atoms with E-state index in [9.17, 15) is 0 Å². The lowest BCUT2D eigenvalue weighted by molar-refractivity contribution is 0.773. The summed E-state index contributed by atoms with van der Waals surface area (Å²) in [5.41, 5.74) is 3.78. The van der Waals surface area contributed by atoms with Crippen LogP contribution in [0.1, 0.15) is 24.0 Å². The number of rotatable bonds is 2. The molecule has 2 aliphatic rings. The highest BCUT2D eigenvalue weighted by molar-refractivity contribution is 8.15. The van der Waals surface area contributed by atoms with Crippen LogP contribution in [-0.2, 0) is 0 Å². The summed E-state index contributed by atoms with van der Waals surface area (Å²) in [5, 5.41) is 5.32. The lowest BCUT2D eigenvalue weighted by atomic mass is 10.1. The van der Waals surface area contributed by atoms with Crippen molar-refractivity contribution >= 4 is 22.6 Å². The van der Waals surface area contributed by atoms with Crippen molar-refractivity contribution in [2.75, 3.05) is 11.9 Å². The average Bonchev–Trinajstić information content (AvgIpc) is 3.05. The van der Waals surface area contributed by atoms with E-state index in [1.54, 1.807) is 0 Å². The van der Waals surface area contributed by atoms with Gasteiger partial charge in [-0.05, 0) is 49.8 Å². The van der Waals surface area contributed by atoms with Crippen LogP contribution in [0, 0.1) is 19.8 Å². The fraction of sp³-hybridized carbons (Fsp3) is 0.500. The summed E-state index contributed by atoms with van der Waals surface area (Å²) in [6.07, 6.45) is 2.81. The largest absolute Gasteiger partial charge is 0.335 e. The molecule has 1 aliphatic heterocycles. The van der Waals surface area contributed by atoms with Crippen LogP contribution >= 0.6 is 11.8 Å². The molecule has 2 nitrogen and oxygen atoms in total. The molecule has 0 spiro atoms. The standard InChI is InChI=1S/C14H18N2S/c1-9-3-4-10(2)12(7-9)16-14-15-8-13(17-14)11-5-6-11/h3-4,7,11,13H,5-6,8H2,1-2H3,(H,15,16). The molecule has 0 amide bonds. The highest BCUT2D eigenvalue weighted by atomic mass is 32.2. The minimum Gasteiger partial charge on any atom is -0.335 e. The first-order chi connectivity index (χ1) is 8.22. The molecule has 3 rings (SSSR count). The smallest absolute Gasteiger partial charge is 0.161 e. The zero-order valence-electron chi connectivity index (χ0n) is 10.4. The maximum Gasteiger partial charge on any atom is 0.161 e. The summed E-state index contributed by atoms with van der Waals surface area (Å²) in [6, 6.07) is 6.51. The number of benzene rings is 1. The zero-order chi connectivity index (χ0) is 11.8. The lowest BCUT2D eigenvalue weighted by Crippen LogP contribution is -2.09. The predicted molar refractivity (Wildman–Crippen MR) is 75.9 cm³/mol. The van der Waals surface area contributed by atoms with Gasteiger partial charge in [0.1, 0.15) is 0 Å². The van der Waals surface area contributed by atoms with Crippen molar-refractivity contribution in [2.45, 2.75) is 31.9 Å². The van der Waals surface area contributed by atoms with Crippen LogP contribution in [0.3, 0.4) is 0 Å². The maximum absolute atomic E-state index is 4.61. The molecule has 0 saturated heterocycles. The highest BCUT2D eigenvalue weighted by Gasteiger charge is 2.35. The van der Waals surface area contributed by atoms with E-state index in [4.69, 9.17) is 0 Å². The summed E-state index contributed by atoms with van der Waals surface area (Å²) in [7, 11) is 0. The van der Waals surface area contributed by atoms with Gasteiger partial charge in [-0.15, -0.1) is 0 Å². The van der Waals surface area contributed by atoms with E-state index in [0.717, 1.165) is 22.9 Å². The topological polar surface area (TPSA) is 24.4 Å². The van der Waals surface area contributed by atoms with Crippen LogP contribution in [0.2, 0.25) is 0 Å². The number of hydrogen-bond donors (Lipinski definition) is 1. The number of thioether (sulfide) groups is 1. The third-order valence-electron chi connectivity index (χ3n) is 3.46. The van der Waals surface area contributed by atoms with Gasteiger partial charge in [-0.25, -0.2) is 0 Å². The first-order valence-corrected chi connectivity index (χ1v) is 7.16. The maximum atomic E-state index is 4.61. The SMILES string of the molecule is Cc1ccc(C)c(NC2=NCC(C3CC3)S2)c1. The highest BCUT2D eigenvalue weighted by Crippen LogP contribution is 2.42. The lowest BCUT2D eigenvalue weighted by Gasteiger charge is -2.10. The minimum absolute atomic E-state index is 0.739. The molecule has 0 aromatic heterocycles. The van der Waals surface area contributed by atoms with E-state index >= 15 is 0 Å². The van der Waals surface area contributed by atoms with Crippen LogP contribution < -0.4 is 5.32 Å². The summed E-state index contributed by atoms with van der Waals surface area (Å²) >= 11 is 1.93. The summed E-state index contributed by atoms with van der Waals surface area (Å²) in [6.45, 7) is 5.27. The second kappa shape index (κ2) is 4.37. The Kier molecular flexibility index (Phi) is 2.87. The first-order valence-electron chi connectivity index (χ1n) is 6.28. The Balaban J connectivity index is 1.68. The van der Waals surface area contributed by atoms with E-state index in [2.05, 4.69) is 42.4 Å². The van der Waals surface area contributed by atoms with E-state index in [0.29, 0.717) is 0 Å². The number of hydrogen-bond acceptors (Lipinski definition) is 3. The fourth-order valence-electron chi connectivity index (χ4n) is 2.16. The van der Waals surface area contributed by atoms with Crippen molar-refractivity contribution in [3.8, 4) is 0 Å². The third kappa shape index (κ3) is 2.49. The van der Waals surface area contributed by atoms with Gasteiger partial charge in [-0.3, -0.25) is 4.99 Å². The molecule has 17 heavy (non-hydrogen) atoms. The number of amidine groups is 1. The quantitative estimate of drug-likeness (QED) is 0.862. The molecule has 3 heteroatoms. The van der Waals surface area contributed by atoms with Crippen molar-refractivity contribution < 1.29 is 0 Å². The van der Waals surface area contributed by atoms with E-state index in [-0.39, 0.29) is 0 Å². The molecule has 1 atom stereocenters. The van der Waals surface area contributed by atoms with Gasteiger partial charge in [-0.2, -0.15) is 0 Å². The molecule has 1 heterocycles. The molecule has 1 fully saturated rings. The molecular weight excluding hydrogens is 228 g/mol. The monoisotopic (exact) mass is 246 g/mol. The summed E-state index contributed by atoms with van der Waals surface area (Å²) in [5.74, 6) is 0.932. The molecule has 0 radical (unpaired) electrons. The molecule has 1 aliphatic carbocycles. The number of anilines is 1. The Morgan fingerprint density at radius 3 is 2.88 bits per heavy atom. The van der Waals surface area contributed by atoms with Crippen LogP contribution in [0.15, 0.2) is 23.2 Å². The van der Waals surface area contributed by atoms with Gasteiger partial charge in [0.05, 0.1) is 6.54 Å². The number of nitrogens with one attached hydrogen (secondary N) is 1. The molecule has 90 valence electrons. The molecule has 1 aromatic rings. The van der Waals surface area contributed by atoms with E-state index in [1.165, 1.54) is 29.7 Å².